The van der Waals surface area contributed by atoms with Crippen molar-refractivity contribution in [1.29, 1.82) is 0 Å². The van der Waals surface area contributed by atoms with Gasteiger partial charge in [0.15, 0.2) is 0 Å². The van der Waals surface area contributed by atoms with Crippen molar-refractivity contribution < 1.29 is 19.4 Å². The normalized spacial score (nSPS) is 26.5. The molecule has 1 atom stereocenters. The van der Waals surface area contributed by atoms with Gasteiger partial charge < -0.3 is 9.84 Å². The summed E-state index contributed by atoms with van der Waals surface area (Å²) < 4.78 is 4.33. The molecule has 4 heteroatoms. The largest absolute Gasteiger partial charge is 0.426 e. The highest BCUT2D eigenvalue weighted by Crippen LogP contribution is 2.12. The van der Waals surface area contributed by atoms with Gasteiger partial charge in [-0.15, -0.1) is 0 Å². The third-order valence-electron chi connectivity index (χ3n) is 1.16. The fourth-order valence-electron chi connectivity index (χ4n) is 0.667. The van der Waals surface area contributed by atoms with E-state index in [0.29, 0.717) is 0 Å². The number of ether oxygens (including phenoxy) is 1. The molecule has 0 saturated carbocycles. The number of rotatable bonds is 0. The number of aliphatic hydroxyl groups excluding tert-OH is 1. The maximum atomic E-state index is 10.5. The first-order valence-electron chi connectivity index (χ1n) is 2.73. The van der Waals surface area contributed by atoms with Gasteiger partial charge in [0, 0.05) is 6.42 Å². The van der Waals surface area contributed by atoms with Crippen molar-refractivity contribution >= 4 is 11.8 Å². The lowest BCUT2D eigenvalue weighted by Crippen LogP contribution is -2.35. The number of ketones is 1. The minimum absolute atomic E-state index is 0.0184. The predicted molar refractivity (Wildman–Crippen MR) is 30.9 cm³/mol. The van der Waals surface area contributed by atoms with Crippen LogP contribution in [0.15, 0.2) is 12.3 Å². The van der Waals surface area contributed by atoms with Crippen molar-refractivity contribution in [1.82, 2.24) is 0 Å². The average molecular weight is 142 g/mol. The molecular weight excluding hydrogens is 136 g/mol. The van der Waals surface area contributed by atoms with E-state index in [-0.39, 0.29) is 12.2 Å². The Balaban J connectivity index is 2.76. The van der Waals surface area contributed by atoms with E-state index in [9.17, 15) is 9.59 Å². The van der Waals surface area contributed by atoms with E-state index in [1.807, 2.05) is 0 Å². The molecule has 0 unspecified atom stereocenters. The molecule has 1 fully saturated rings. The molecule has 1 rings (SSSR count). The van der Waals surface area contributed by atoms with E-state index in [0.717, 1.165) is 0 Å². The summed E-state index contributed by atoms with van der Waals surface area (Å²) in [6.45, 7) is 3.29. The fourth-order valence-corrected chi connectivity index (χ4v) is 0.667. The molecular formula is C6H6O4. The van der Waals surface area contributed by atoms with Crippen molar-refractivity contribution in [2.75, 3.05) is 0 Å². The Kier molecular flexibility index (Phi) is 1.55. The molecule has 1 aliphatic rings. The molecule has 0 aromatic carbocycles. The highest BCUT2D eigenvalue weighted by atomic mass is 16.5. The maximum absolute atomic E-state index is 10.5. The molecule has 0 radical (unpaired) electrons. The Bertz CT molecular complexity index is 206. The van der Waals surface area contributed by atoms with Gasteiger partial charge in [0.25, 0.3) is 5.78 Å². The SMILES string of the molecule is C=C1C[C@@H](O)C(=O)C(=O)O1. The third kappa shape index (κ3) is 1.06. The molecule has 1 N–H and O–H groups in total. The van der Waals surface area contributed by atoms with Gasteiger partial charge in [0.1, 0.15) is 11.9 Å². The van der Waals surface area contributed by atoms with E-state index >= 15 is 0 Å². The molecule has 54 valence electrons. The summed E-state index contributed by atoms with van der Waals surface area (Å²) in [5.74, 6) is -1.78. The third-order valence-corrected chi connectivity index (χ3v) is 1.16. The first-order valence-corrected chi connectivity index (χ1v) is 2.73. The Hall–Kier alpha value is -1.16. The maximum Gasteiger partial charge on any atom is 0.382 e. The summed E-state index contributed by atoms with van der Waals surface area (Å²) >= 11 is 0. The summed E-state index contributed by atoms with van der Waals surface area (Å²) in [5, 5.41) is 8.81. The topological polar surface area (TPSA) is 63.6 Å². The van der Waals surface area contributed by atoms with Crippen LogP contribution in [-0.2, 0) is 14.3 Å². The van der Waals surface area contributed by atoms with E-state index in [1.165, 1.54) is 0 Å². The smallest absolute Gasteiger partial charge is 0.382 e. The van der Waals surface area contributed by atoms with Crippen molar-refractivity contribution in [2.45, 2.75) is 12.5 Å². The lowest BCUT2D eigenvalue weighted by Gasteiger charge is -2.15. The average Bonchev–Trinajstić information content (AvgIpc) is 1.82. The van der Waals surface area contributed by atoms with Crippen LogP contribution in [0.3, 0.4) is 0 Å². The molecule has 1 heterocycles. The second-order valence-corrected chi connectivity index (χ2v) is 2.01. The minimum atomic E-state index is -1.26. The monoisotopic (exact) mass is 142 g/mol. The van der Waals surface area contributed by atoms with Gasteiger partial charge in [0.2, 0.25) is 0 Å². The molecule has 0 aromatic heterocycles. The van der Waals surface area contributed by atoms with Gasteiger partial charge >= 0.3 is 5.97 Å². The number of aliphatic hydroxyl groups is 1. The zero-order valence-corrected chi connectivity index (χ0v) is 5.16. The standard InChI is InChI=1S/C6H6O4/c1-3-2-4(7)5(8)6(9)10-3/h4,7H,1-2H2/t4-/m1/s1. The highest BCUT2D eigenvalue weighted by molar-refractivity contribution is 6.36. The first-order chi connectivity index (χ1) is 4.61. The van der Waals surface area contributed by atoms with Crippen molar-refractivity contribution in [2.24, 2.45) is 0 Å². The van der Waals surface area contributed by atoms with Crippen LogP contribution in [0.2, 0.25) is 0 Å². The number of hydrogen-bond acceptors (Lipinski definition) is 4. The molecule has 0 aromatic rings. The van der Waals surface area contributed by atoms with E-state index in [1.54, 1.807) is 0 Å². The number of hydrogen-bond donors (Lipinski definition) is 1. The summed E-state index contributed by atoms with van der Waals surface area (Å²) in [6.07, 6.45) is -1.24. The molecule has 0 amide bonds. The van der Waals surface area contributed by atoms with Gasteiger partial charge in [0.05, 0.1) is 0 Å². The van der Waals surface area contributed by atoms with Crippen LogP contribution in [0, 0.1) is 0 Å². The molecule has 10 heavy (non-hydrogen) atoms. The molecule has 1 aliphatic heterocycles. The lowest BCUT2D eigenvalue weighted by atomic mass is 10.1. The fraction of sp³-hybridized carbons (Fsp3) is 0.333. The van der Waals surface area contributed by atoms with Crippen LogP contribution in [0.1, 0.15) is 6.42 Å². The second-order valence-electron chi connectivity index (χ2n) is 2.01. The van der Waals surface area contributed by atoms with Crippen LogP contribution in [-0.4, -0.2) is 23.0 Å². The quantitative estimate of drug-likeness (QED) is 0.361. The number of cyclic esters (lactones) is 1. The van der Waals surface area contributed by atoms with Gasteiger partial charge in [-0.25, -0.2) is 4.79 Å². The van der Waals surface area contributed by atoms with Crippen LogP contribution in [0.4, 0.5) is 0 Å². The zero-order chi connectivity index (χ0) is 7.72. The van der Waals surface area contributed by atoms with E-state index in [4.69, 9.17) is 5.11 Å². The van der Waals surface area contributed by atoms with E-state index < -0.39 is 17.9 Å². The Labute approximate surface area is 57.1 Å². The van der Waals surface area contributed by atoms with Crippen molar-refractivity contribution in [3.63, 3.8) is 0 Å². The number of carbonyl (C=O) groups excluding carboxylic acids is 2. The highest BCUT2D eigenvalue weighted by Gasteiger charge is 2.31. The van der Waals surface area contributed by atoms with Crippen LogP contribution in [0.5, 0.6) is 0 Å². The van der Waals surface area contributed by atoms with Crippen molar-refractivity contribution in [3.8, 4) is 0 Å². The molecule has 1 saturated heterocycles. The second kappa shape index (κ2) is 2.22. The van der Waals surface area contributed by atoms with Crippen LogP contribution in [0.25, 0.3) is 0 Å². The summed E-state index contributed by atoms with van der Waals surface area (Å²) in [6, 6.07) is 0. The lowest BCUT2D eigenvalue weighted by molar-refractivity contribution is -0.158. The molecule has 0 bridgehead atoms. The number of carbonyl (C=O) groups is 2. The van der Waals surface area contributed by atoms with Crippen molar-refractivity contribution in [3.05, 3.63) is 12.3 Å². The molecule has 0 aliphatic carbocycles. The Morgan fingerprint density at radius 1 is 1.60 bits per heavy atom. The summed E-state index contributed by atoms with van der Waals surface area (Å²) in [7, 11) is 0. The molecule has 0 spiro atoms. The van der Waals surface area contributed by atoms with E-state index in [2.05, 4.69) is 11.3 Å². The minimum Gasteiger partial charge on any atom is -0.426 e. The van der Waals surface area contributed by atoms with Crippen LogP contribution >= 0.6 is 0 Å². The van der Waals surface area contributed by atoms with Gasteiger partial charge in [-0.2, -0.15) is 0 Å². The van der Waals surface area contributed by atoms with Gasteiger partial charge in [-0.05, 0) is 0 Å². The van der Waals surface area contributed by atoms with Gasteiger partial charge in [-0.1, -0.05) is 6.58 Å². The Morgan fingerprint density at radius 2 is 2.20 bits per heavy atom. The number of Topliss-reactive ketones (excluding diaryl/α,β-unsaturated/α-hetero) is 1. The zero-order valence-electron chi connectivity index (χ0n) is 5.16. The summed E-state index contributed by atoms with van der Waals surface area (Å²) in [4.78, 5) is 20.9. The molecule has 4 nitrogen and oxygen atoms in total. The van der Waals surface area contributed by atoms with Gasteiger partial charge in [-0.3, -0.25) is 4.79 Å². The van der Waals surface area contributed by atoms with Crippen LogP contribution < -0.4 is 0 Å². The number of esters is 1. The predicted octanol–water partition coefficient (Wildman–Crippen LogP) is -0.623. The summed E-state index contributed by atoms with van der Waals surface area (Å²) in [5.41, 5.74) is 0. The first kappa shape index (κ1) is 6.95. The Morgan fingerprint density at radius 3 is 2.70 bits per heavy atom.